The van der Waals surface area contributed by atoms with Crippen molar-refractivity contribution < 1.29 is 29.0 Å². The molecule has 1 fully saturated rings. The number of primary amides is 1. The first-order valence-electron chi connectivity index (χ1n) is 12.5. The van der Waals surface area contributed by atoms with Gasteiger partial charge in [0.25, 0.3) is 0 Å². The number of rotatable bonds is 6. The van der Waals surface area contributed by atoms with Gasteiger partial charge in [0.15, 0.2) is 0 Å². The Bertz CT molecular complexity index is 976. The van der Waals surface area contributed by atoms with E-state index in [0.29, 0.717) is 32.7 Å². The summed E-state index contributed by atoms with van der Waals surface area (Å²) >= 11 is 0. The van der Waals surface area contributed by atoms with E-state index in [9.17, 15) is 19.5 Å². The highest BCUT2D eigenvalue weighted by atomic mass is 16.6. The third-order valence-corrected chi connectivity index (χ3v) is 6.14. The second-order valence-electron chi connectivity index (χ2n) is 11.4. The molecule has 2 aliphatic rings. The zero-order valence-electron chi connectivity index (χ0n) is 22.2. The molecule has 10 heteroatoms. The van der Waals surface area contributed by atoms with Gasteiger partial charge in [-0.1, -0.05) is 6.07 Å². The number of carbonyl (C=O) groups excluding carboxylic acids is 3. The number of esters is 1. The Morgan fingerprint density at radius 2 is 1.64 bits per heavy atom. The molecule has 0 radical (unpaired) electrons. The lowest BCUT2D eigenvalue weighted by Crippen LogP contribution is -2.50. The molecular formula is C26H40N4O6. The summed E-state index contributed by atoms with van der Waals surface area (Å²) in [6, 6.07) is 5.00. The minimum Gasteiger partial charge on any atom is -0.460 e. The van der Waals surface area contributed by atoms with Gasteiger partial charge in [-0.2, -0.15) is 0 Å². The number of amides is 2. The molecule has 36 heavy (non-hydrogen) atoms. The van der Waals surface area contributed by atoms with E-state index < -0.39 is 35.3 Å². The van der Waals surface area contributed by atoms with Crippen molar-refractivity contribution in [3.63, 3.8) is 0 Å². The summed E-state index contributed by atoms with van der Waals surface area (Å²) in [7, 11) is 0. The predicted octanol–water partition coefficient (Wildman–Crippen LogP) is 2.53. The van der Waals surface area contributed by atoms with E-state index >= 15 is 0 Å². The van der Waals surface area contributed by atoms with Gasteiger partial charge in [-0.15, -0.1) is 0 Å². The maximum Gasteiger partial charge on any atom is 0.410 e. The van der Waals surface area contributed by atoms with E-state index in [0.717, 1.165) is 16.8 Å². The van der Waals surface area contributed by atoms with E-state index in [4.69, 9.17) is 15.2 Å². The van der Waals surface area contributed by atoms with E-state index in [1.54, 1.807) is 30.6 Å². The van der Waals surface area contributed by atoms with Crippen LogP contribution in [0.1, 0.15) is 71.7 Å². The summed E-state index contributed by atoms with van der Waals surface area (Å²) < 4.78 is 10.8. The minimum absolute atomic E-state index is 0.0254. The summed E-state index contributed by atoms with van der Waals surface area (Å²) in [5.74, 6) is -1.00. The molecule has 2 amide bonds. The molecule has 1 saturated heterocycles. The molecule has 2 heterocycles. The fourth-order valence-electron chi connectivity index (χ4n) is 4.51. The van der Waals surface area contributed by atoms with Crippen LogP contribution in [-0.4, -0.2) is 76.3 Å². The highest BCUT2D eigenvalue weighted by molar-refractivity contribution is 5.81. The van der Waals surface area contributed by atoms with Crippen LogP contribution in [0.2, 0.25) is 0 Å². The summed E-state index contributed by atoms with van der Waals surface area (Å²) in [5.41, 5.74) is 7.11. The number of nitrogens with two attached hydrogens (primary N) is 1. The van der Waals surface area contributed by atoms with Crippen LogP contribution in [0.4, 0.5) is 10.5 Å². The molecule has 1 aromatic carbocycles. The van der Waals surface area contributed by atoms with Crippen molar-refractivity contribution in [3.05, 3.63) is 29.3 Å². The van der Waals surface area contributed by atoms with Crippen molar-refractivity contribution in [1.82, 2.24) is 9.80 Å². The van der Waals surface area contributed by atoms with Gasteiger partial charge >= 0.3 is 12.1 Å². The Morgan fingerprint density at radius 3 is 2.19 bits per heavy atom. The number of benzene rings is 1. The average Bonchev–Trinajstić information content (AvgIpc) is 3.07. The molecule has 10 nitrogen and oxygen atoms in total. The second kappa shape index (κ2) is 10.6. The van der Waals surface area contributed by atoms with Crippen LogP contribution in [0, 0.1) is 0 Å². The Morgan fingerprint density at radius 1 is 1.03 bits per heavy atom. The quantitative estimate of drug-likeness (QED) is 0.566. The molecule has 0 bridgehead atoms. The van der Waals surface area contributed by atoms with E-state index in [1.165, 1.54) is 0 Å². The first kappa shape index (κ1) is 27.7. The van der Waals surface area contributed by atoms with Crippen molar-refractivity contribution in [3.8, 4) is 0 Å². The number of hydrogen-bond donors (Lipinski definition) is 2. The fraction of sp³-hybridized carbons (Fsp3) is 0.654. The lowest BCUT2D eigenvalue weighted by molar-refractivity contribution is -0.155. The standard InChI is InChI=1S/C26H40N4O6/c1-25(2,3)35-21(31)10-9-20(22(27)32)30-16-17-15-18(7-8-19(17)23(30)33)28-11-13-29(14-12-28)24(34)36-26(4,5)6/h7-8,15,20,23,33H,9-14,16H2,1-6H3,(H2,27,32)/t20-,23?/m0/s1. The number of ether oxygens (including phenoxy) is 2. The molecular weight excluding hydrogens is 464 g/mol. The monoisotopic (exact) mass is 504 g/mol. The first-order chi connectivity index (χ1) is 16.6. The lowest BCUT2D eigenvalue weighted by Gasteiger charge is -2.37. The van der Waals surface area contributed by atoms with Crippen LogP contribution >= 0.6 is 0 Å². The maximum atomic E-state index is 12.4. The van der Waals surface area contributed by atoms with Crippen molar-refractivity contribution in [2.45, 2.75) is 84.4 Å². The van der Waals surface area contributed by atoms with Gasteiger partial charge in [-0.25, -0.2) is 4.79 Å². The summed E-state index contributed by atoms with van der Waals surface area (Å²) in [6.07, 6.45) is -1.11. The van der Waals surface area contributed by atoms with E-state index in [2.05, 4.69) is 4.90 Å². The summed E-state index contributed by atoms with van der Waals surface area (Å²) in [4.78, 5) is 42.3. The molecule has 3 N–H and O–H groups in total. The van der Waals surface area contributed by atoms with Gasteiger partial charge < -0.3 is 30.1 Å². The van der Waals surface area contributed by atoms with Crippen LogP contribution in [0.25, 0.3) is 0 Å². The van der Waals surface area contributed by atoms with Gasteiger partial charge in [0.05, 0.1) is 6.04 Å². The zero-order valence-corrected chi connectivity index (χ0v) is 22.2. The van der Waals surface area contributed by atoms with Gasteiger partial charge in [0.2, 0.25) is 5.91 Å². The smallest absolute Gasteiger partial charge is 0.410 e. The number of carbonyl (C=O) groups is 3. The maximum absolute atomic E-state index is 12.4. The number of hydrogen-bond acceptors (Lipinski definition) is 8. The van der Waals surface area contributed by atoms with Crippen LogP contribution in [-0.2, 0) is 25.6 Å². The Labute approximate surface area is 213 Å². The number of anilines is 1. The second-order valence-corrected chi connectivity index (χ2v) is 11.4. The Kier molecular flexibility index (Phi) is 8.20. The van der Waals surface area contributed by atoms with Crippen molar-refractivity contribution in [2.75, 3.05) is 31.1 Å². The third kappa shape index (κ3) is 7.10. The van der Waals surface area contributed by atoms with Crippen molar-refractivity contribution in [2.24, 2.45) is 5.73 Å². The number of fused-ring (bicyclic) bond motifs is 1. The van der Waals surface area contributed by atoms with Gasteiger partial charge in [-0.05, 0) is 65.7 Å². The normalized spacial score (nSPS) is 19.6. The Hall–Kier alpha value is -2.85. The predicted molar refractivity (Wildman–Crippen MR) is 135 cm³/mol. The number of aliphatic hydroxyl groups is 1. The molecule has 2 atom stereocenters. The number of nitrogens with zero attached hydrogens (tertiary/aromatic N) is 3. The topological polar surface area (TPSA) is 126 Å². The minimum atomic E-state index is -0.991. The Balaban J connectivity index is 1.63. The zero-order chi connectivity index (χ0) is 26.8. The number of piperazine rings is 1. The molecule has 0 aliphatic carbocycles. The fourth-order valence-corrected chi connectivity index (χ4v) is 4.51. The summed E-state index contributed by atoms with van der Waals surface area (Å²) in [6.45, 7) is 13.7. The molecule has 3 rings (SSSR count). The molecule has 0 saturated carbocycles. The van der Waals surface area contributed by atoms with Crippen LogP contribution < -0.4 is 10.6 Å². The largest absolute Gasteiger partial charge is 0.460 e. The molecule has 2 aliphatic heterocycles. The van der Waals surface area contributed by atoms with E-state index in [-0.39, 0.29) is 18.9 Å². The lowest BCUT2D eigenvalue weighted by atomic mass is 10.1. The van der Waals surface area contributed by atoms with Crippen LogP contribution in [0.15, 0.2) is 18.2 Å². The van der Waals surface area contributed by atoms with Gasteiger partial charge in [-0.3, -0.25) is 14.5 Å². The summed E-state index contributed by atoms with van der Waals surface area (Å²) in [5, 5.41) is 10.9. The SMILES string of the molecule is CC(C)(C)OC(=O)CC[C@@H](C(N)=O)N1Cc2cc(N3CCN(C(=O)OC(C)(C)C)CC3)ccc2C1O. The molecule has 1 aromatic rings. The van der Waals surface area contributed by atoms with Crippen molar-refractivity contribution in [1.29, 1.82) is 0 Å². The number of aliphatic hydroxyl groups excluding tert-OH is 1. The van der Waals surface area contributed by atoms with E-state index in [1.807, 2.05) is 39.0 Å². The molecule has 0 aromatic heterocycles. The van der Waals surface area contributed by atoms with Gasteiger partial charge in [0, 0.05) is 50.4 Å². The highest BCUT2D eigenvalue weighted by Gasteiger charge is 2.37. The average molecular weight is 505 g/mol. The van der Waals surface area contributed by atoms with Crippen LogP contribution in [0.5, 0.6) is 0 Å². The molecule has 1 unspecified atom stereocenters. The van der Waals surface area contributed by atoms with Crippen LogP contribution in [0.3, 0.4) is 0 Å². The molecule has 200 valence electrons. The van der Waals surface area contributed by atoms with Gasteiger partial charge in [0.1, 0.15) is 17.4 Å². The third-order valence-electron chi connectivity index (χ3n) is 6.14. The highest BCUT2D eigenvalue weighted by Crippen LogP contribution is 2.36. The molecule has 0 spiro atoms. The first-order valence-corrected chi connectivity index (χ1v) is 12.5. The van der Waals surface area contributed by atoms with Crippen molar-refractivity contribution >= 4 is 23.7 Å².